The molecule has 1 saturated heterocycles. The van der Waals surface area contributed by atoms with Crippen LogP contribution in [0.1, 0.15) is 26.7 Å². The quantitative estimate of drug-likeness (QED) is 0.890. The highest BCUT2D eigenvalue weighted by molar-refractivity contribution is 5.50. The van der Waals surface area contributed by atoms with Gasteiger partial charge in [-0.15, -0.1) is 0 Å². The summed E-state index contributed by atoms with van der Waals surface area (Å²) in [5, 5.41) is 3.40. The van der Waals surface area contributed by atoms with Crippen LogP contribution in [0.4, 0.5) is 18.9 Å². The first-order chi connectivity index (χ1) is 8.95. The summed E-state index contributed by atoms with van der Waals surface area (Å²) in [5.41, 5.74) is -0.311. The Morgan fingerprint density at radius 1 is 1.26 bits per heavy atom. The molecular formula is C14H19F3N2. The highest BCUT2D eigenvalue weighted by atomic mass is 19.1. The fourth-order valence-electron chi connectivity index (χ4n) is 2.48. The molecule has 19 heavy (non-hydrogen) atoms. The second kappa shape index (κ2) is 5.41. The van der Waals surface area contributed by atoms with Crippen molar-refractivity contribution in [2.24, 2.45) is 0 Å². The predicted molar refractivity (Wildman–Crippen MR) is 69.8 cm³/mol. The van der Waals surface area contributed by atoms with Crippen LogP contribution in [0.15, 0.2) is 12.1 Å². The van der Waals surface area contributed by atoms with E-state index in [0.29, 0.717) is 13.1 Å². The molecule has 0 aromatic heterocycles. The van der Waals surface area contributed by atoms with Gasteiger partial charge in [-0.2, -0.15) is 0 Å². The van der Waals surface area contributed by atoms with E-state index in [1.807, 2.05) is 13.8 Å². The number of rotatable bonds is 2. The predicted octanol–water partition coefficient (Wildman–Crippen LogP) is 3.07. The molecule has 1 aromatic rings. The molecule has 0 bridgehead atoms. The topological polar surface area (TPSA) is 15.3 Å². The SMILES string of the molecule is CCC1(C)CN(c2c(F)cc(F)cc2F)CCCN1. The fourth-order valence-corrected chi connectivity index (χ4v) is 2.48. The van der Waals surface area contributed by atoms with Gasteiger partial charge in [-0.05, 0) is 26.3 Å². The second-order valence-electron chi connectivity index (χ2n) is 5.33. The number of hydrogen-bond donors (Lipinski definition) is 1. The first-order valence-corrected chi connectivity index (χ1v) is 6.60. The van der Waals surface area contributed by atoms with Gasteiger partial charge in [0.05, 0.1) is 0 Å². The van der Waals surface area contributed by atoms with Crippen molar-refractivity contribution in [2.45, 2.75) is 32.2 Å². The van der Waals surface area contributed by atoms with Gasteiger partial charge < -0.3 is 10.2 Å². The average molecular weight is 272 g/mol. The first-order valence-electron chi connectivity index (χ1n) is 6.60. The third kappa shape index (κ3) is 3.03. The molecule has 2 nitrogen and oxygen atoms in total. The van der Waals surface area contributed by atoms with E-state index in [-0.39, 0.29) is 11.2 Å². The molecule has 1 N–H and O–H groups in total. The van der Waals surface area contributed by atoms with Crippen molar-refractivity contribution in [1.82, 2.24) is 5.32 Å². The molecule has 1 aliphatic heterocycles. The lowest BCUT2D eigenvalue weighted by atomic mass is 9.98. The van der Waals surface area contributed by atoms with Crippen LogP contribution in [0.25, 0.3) is 0 Å². The molecule has 1 unspecified atom stereocenters. The Morgan fingerprint density at radius 3 is 2.47 bits per heavy atom. The van der Waals surface area contributed by atoms with Crippen molar-refractivity contribution in [2.75, 3.05) is 24.5 Å². The molecule has 106 valence electrons. The summed E-state index contributed by atoms with van der Waals surface area (Å²) in [6.45, 7) is 5.94. The third-order valence-corrected chi connectivity index (χ3v) is 3.77. The Hall–Kier alpha value is -1.23. The molecule has 1 aromatic carbocycles. The molecule has 5 heteroatoms. The van der Waals surface area contributed by atoms with Crippen molar-refractivity contribution in [3.05, 3.63) is 29.6 Å². The van der Waals surface area contributed by atoms with Gasteiger partial charge in [-0.25, -0.2) is 13.2 Å². The minimum absolute atomic E-state index is 0.121. The van der Waals surface area contributed by atoms with Crippen LogP contribution in [0, 0.1) is 17.5 Å². The molecule has 0 amide bonds. The van der Waals surface area contributed by atoms with Crippen LogP contribution >= 0.6 is 0 Å². The molecule has 0 spiro atoms. The number of benzene rings is 1. The summed E-state index contributed by atoms with van der Waals surface area (Å²) in [6.07, 6.45) is 1.65. The van der Waals surface area contributed by atoms with Crippen molar-refractivity contribution >= 4 is 5.69 Å². The van der Waals surface area contributed by atoms with Crippen LogP contribution in [0.5, 0.6) is 0 Å². The zero-order chi connectivity index (χ0) is 14.0. The molecule has 2 rings (SSSR count). The molecule has 1 atom stereocenters. The number of halogens is 3. The second-order valence-corrected chi connectivity index (χ2v) is 5.33. The van der Waals surface area contributed by atoms with Gasteiger partial charge in [-0.3, -0.25) is 0 Å². The highest BCUT2D eigenvalue weighted by Crippen LogP contribution is 2.28. The molecular weight excluding hydrogens is 253 g/mol. The largest absolute Gasteiger partial charge is 0.365 e. The standard InChI is InChI=1S/C14H19F3N2/c1-3-14(2)9-19(6-4-5-18-14)13-11(16)7-10(15)8-12(13)17/h7-8,18H,3-6,9H2,1-2H3. The Kier molecular flexibility index (Phi) is 4.04. The van der Waals surface area contributed by atoms with E-state index in [0.717, 1.165) is 31.5 Å². The maximum absolute atomic E-state index is 13.8. The highest BCUT2D eigenvalue weighted by Gasteiger charge is 2.29. The normalized spacial score (nSPS) is 24.4. The van der Waals surface area contributed by atoms with Gasteiger partial charge in [0.25, 0.3) is 0 Å². The third-order valence-electron chi connectivity index (χ3n) is 3.77. The lowest BCUT2D eigenvalue weighted by Crippen LogP contribution is -2.49. The van der Waals surface area contributed by atoms with Gasteiger partial charge >= 0.3 is 0 Å². The summed E-state index contributed by atoms with van der Waals surface area (Å²) >= 11 is 0. The molecule has 1 fully saturated rings. The van der Waals surface area contributed by atoms with Crippen LogP contribution in [-0.4, -0.2) is 25.2 Å². The molecule has 0 aliphatic carbocycles. The minimum atomic E-state index is -0.884. The van der Waals surface area contributed by atoms with Crippen LogP contribution < -0.4 is 10.2 Å². The smallest absolute Gasteiger partial charge is 0.152 e. The van der Waals surface area contributed by atoms with Crippen molar-refractivity contribution in [3.63, 3.8) is 0 Å². The Balaban J connectivity index is 2.35. The summed E-state index contributed by atoms with van der Waals surface area (Å²) in [7, 11) is 0. The van der Waals surface area contributed by atoms with Crippen molar-refractivity contribution in [1.29, 1.82) is 0 Å². The fraction of sp³-hybridized carbons (Fsp3) is 0.571. The van der Waals surface area contributed by atoms with Crippen molar-refractivity contribution in [3.8, 4) is 0 Å². The lowest BCUT2D eigenvalue weighted by molar-refractivity contribution is 0.364. The lowest BCUT2D eigenvalue weighted by Gasteiger charge is -2.34. The average Bonchev–Trinajstić information content (AvgIpc) is 2.51. The van der Waals surface area contributed by atoms with Gasteiger partial charge in [-0.1, -0.05) is 6.92 Å². The van der Waals surface area contributed by atoms with E-state index >= 15 is 0 Å². The first kappa shape index (κ1) is 14.2. The zero-order valence-corrected chi connectivity index (χ0v) is 11.3. The Morgan fingerprint density at radius 2 is 1.89 bits per heavy atom. The number of nitrogens with zero attached hydrogens (tertiary/aromatic N) is 1. The number of anilines is 1. The summed E-state index contributed by atoms with van der Waals surface area (Å²) in [4.78, 5) is 1.67. The van der Waals surface area contributed by atoms with E-state index in [1.165, 1.54) is 0 Å². The van der Waals surface area contributed by atoms with Crippen LogP contribution in [0.2, 0.25) is 0 Å². The monoisotopic (exact) mass is 272 g/mol. The van der Waals surface area contributed by atoms with Crippen molar-refractivity contribution < 1.29 is 13.2 Å². The number of nitrogens with one attached hydrogen (secondary N) is 1. The van der Waals surface area contributed by atoms with Gasteiger partial charge in [0.1, 0.15) is 11.5 Å². The molecule has 0 radical (unpaired) electrons. The summed E-state index contributed by atoms with van der Waals surface area (Å²) in [6, 6.07) is 1.47. The molecule has 1 aliphatic rings. The van der Waals surface area contributed by atoms with Crippen LogP contribution in [-0.2, 0) is 0 Å². The maximum Gasteiger partial charge on any atom is 0.152 e. The zero-order valence-electron chi connectivity index (χ0n) is 11.3. The van der Waals surface area contributed by atoms with Gasteiger partial charge in [0.2, 0.25) is 0 Å². The van der Waals surface area contributed by atoms with E-state index in [2.05, 4.69) is 5.32 Å². The minimum Gasteiger partial charge on any atom is -0.365 e. The number of hydrogen-bond acceptors (Lipinski definition) is 2. The maximum atomic E-state index is 13.8. The summed E-state index contributed by atoms with van der Waals surface area (Å²) in [5.74, 6) is -2.55. The van der Waals surface area contributed by atoms with Crippen LogP contribution in [0.3, 0.4) is 0 Å². The Labute approximate surface area is 111 Å². The molecule has 1 heterocycles. The summed E-state index contributed by atoms with van der Waals surface area (Å²) < 4.78 is 40.6. The Bertz CT molecular complexity index is 441. The molecule has 0 saturated carbocycles. The van der Waals surface area contributed by atoms with E-state index in [1.54, 1.807) is 4.90 Å². The van der Waals surface area contributed by atoms with E-state index < -0.39 is 17.5 Å². The van der Waals surface area contributed by atoms with Gasteiger partial charge in [0, 0.05) is 30.8 Å². The van der Waals surface area contributed by atoms with E-state index in [4.69, 9.17) is 0 Å². The van der Waals surface area contributed by atoms with Gasteiger partial charge in [0.15, 0.2) is 11.6 Å². The van der Waals surface area contributed by atoms with E-state index in [9.17, 15) is 13.2 Å².